The van der Waals surface area contributed by atoms with E-state index in [1.807, 2.05) is 7.05 Å². The predicted molar refractivity (Wildman–Crippen MR) is 54.5 cm³/mol. The predicted octanol–water partition coefficient (Wildman–Crippen LogP) is 0.119. The van der Waals surface area contributed by atoms with Crippen molar-refractivity contribution in [2.45, 2.75) is 37.8 Å². The number of hydrogen-bond acceptors (Lipinski definition) is 5. The molecule has 0 radical (unpaired) electrons. The van der Waals surface area contributed by atoms with Crippen LogP contribution in [0.1, 0.15) is 25.7 Å². The highest BCUT2D eigenvalue weighted by atomic mass is 16.5. The lowest BCUT2D eigenvalue weighted by molar-refractivity contribution is 0.102. The van der Waals surface area contributed by atoms with Gasteiger partial charge in [0.2, 0.25) is 0 Å². The summed E-state index contributed by atoms with van der Waals surface area (Å²) < 4.78 is 7.35. The van der Waals surface area contributed by atoms with Gasteiger partial charge in [-0.2, -0.15) is 4.68 Å². The van der Waals surface area contributed by atoms with Gasteiger partial charge in [-0.1, -0.05) is 11.5 Å². The van der Waals surface area contributed by atoms with Gasteiger partial charge in [-0.3, -0.25) is 0 Å². The Balaban J connectivity index is 2.00. The summed E-state index contributed by atoms with van der Waals surface area (Å²) in [6.07, 6.45) is 4.90. The van der Waals surface area contributed by atoms with Crippen LogP contribution in [-0.4, -0.2) is 39.4 Å². The van der Waals surface area contributed by atoms with Crippen LogP contribution in [0.5, 0.6) is 6.01 Å². The molecule has 1 saturated carbocycles. The second-order valence-electron chi connectivity index (χ2n) is 3.92. The molecule has 1 heterocycles. The van der Waals surface area contributed by atoms with Crippen molar-refractivity contribution in [3.05, 3.63) is 0 Å². The number of rotatable bonds is 3. The Morgan fingerprint density at radius 2 is 2.20 bits per heavy atom. The van der Waals surface area contributed by atoms with Gasteiger partial charge in [0.05, 0.1) is 0 Å². The third-order valence-electron chi connectivity index (χ3n) is 2.91. The summed E-state index contributed by atoms with van der Waals surface area (Å²) in [6, 6.07) is 0.914. The van der Waals surface area contributed by atoms with Crippen LogP contribution in [0.2, 0.25) is 0 Å². The van der Waals surface area contributed by atoms with Crippen molar-refractivity contribution < 1.29 is 4.74 Å². The van der Waals surface area contributed by atoms with Crippen LogP contribution in [-0.2, 0) is 7.05 Å². The molecule has 0 spiro atoms. The molecule has 1 fully saturated rings. The topological polar surface area (TPSA) is 64.9 Å². The summed E-state index contributed by atoms with van der Waals surface area (Å²) in [4.78, 5) is 0. The van der Waals surface area contributed by atoms with E-state index in [2.05, 4.69) is 20.8 Å². The Bertz CT molecular complexity index is 313. The van der Waals surface area contributed by atoms with Crippen molar-refractivity contribution in [3.63, 3.8) is 0 Å². The third-order valence-corrected chi connectivity index (χ3v) is 2.91. The summed E-state index contributed by atoms with van der Waals surface area (Å²) in [5.41, 5.74) is 0. The van der Waals surface area contributed by atoms with Crippen molar-refractivity contribution in [2.24, 2.45) is 7.05 Å². The van der Waals surface area contributed by atoms with E-state index in [1.165, 1.54) is 12.8 Å². The van der Waals surface area contributed by atoms with Gasteiger partial charge >= 0.3 is 6.01 Å². The molecule has 0 aliphatic heterocycles. The van der Waals surface area contributed by atoms with Gasteiger partial charge in [0, 0.05) is 13.1 Å². The van der Waals surface area contributed by atoms with E-state index in [4.69, 9.17) is 4.74 Å². The van der Waals surface area contributed by atoms with Gasteiger partial charge in [-0.15, -0.1) is 0 Å². The highest BCUT2D eigenvalue weighted by Crippen LogP contribution is 2.21. The number of hydrogen-bond donors (Lipinski definition) is 1. The maximum absolute atomic E-state index is 5.79. The van der Waals surface area contributed by atoms with Crippen molar-refractivity contribution in [1.29, 1.82) is 0 Å². The molecular weight excluding hydrogens is 194 g/mol. The smallest absolute Gasteiger partial charge is 0.335 e. The first-order chi connectivity index (χ1) is 7.31. The fraction of sp³-hybridized carbons (Fsp3) is 0.889. The largest absolute Gasteiger partial charge is 0.458 e. The Morgan fingerprint density at radius 3 is 2.87 bits per heavy atom. The lowest BCUT2D eigenvalue weighted by Crippen LogP contribution is -2.43. The van der Waals surface area contributed by atoms with Gasteiger partial charge < -0.3 is 10.1 Å². The summed E-state index contributed by atoms with van der Waals surface area (Å²) in [6.45, 7) is 0. The Labute approximate surface area is 89.0 Å². The minimum Gasteiger partial charge on any atom is -0.458 e. The first-order valence-corrected chi connectivity index (χ1v) is 5.37. The number of tetrazole rings is 1. The molecule has 1 aliphatic carbocycles. The zero-order valence-electron chi connectivity index (χ0n) is 9.18. The minimum absolute atomic E-state index is 0.188. The normalized spacial score (nSPS) is 26.5. The van der Waals surface area contributed by atoms with Crippen LogP contribution in [0.15, 0.2) is 0 Å². The maximum Gasteiger partial charge on any atom is 0.335 e. The van der Waals surface area contributed by atoms with E-state index >= 15 is 0 Å². The van der Waals surface area contributed by atoms with Crippen molar-refractivity contribution in [2.75, 3.05) is 7.05 Å². The average Bonchev–Trinajstić information content (AvgIpc) is 2.65. The summed E-state index contributed by atoms with van der Waals surface area (Å²) in [5, 5.41) is 14.4. The van der Waals surface area contributed by atoms with Crippen LogP contribution < -0.4 is 10.1 Å². The maximum atomic E-state index is 5.79. The first kappa shape index (κ1) is 10.4. The molecule has 1 aromatic rings. The van der Waals surface area contributed by atoms with Crippen molar-refractivity contribution >= 4 is 0 Å². The molecule has 2 rings (SSSR count). The lowest BCUT2D eigenvalue weighted by Gasteiger charge is -2.30. The number of likely N-dealkylation sites (N-methyl/N-ethyl adjacent to an activating group) is 1. The molecule has 84 valence electrons. The van der Waals surface area contributed by atoms with E-state index in [9.17, 15) is 0 Å². The van der Waals surface area contributed by atoms with E-state index in [-0.39, 0.29) is 6.10 Å². The molecule has 2 atom stereocenters. The molecule has 1 N–H and O–H groups in total. The molecule has 1 aliphatic rings. The number of nitrogens with one attached hydrogen (secondary N) is 1. The van der Waals surface area contributed by atoms with E-state index in [0.717, 1.165) is 12.8 Å². The van der Waals surface area contributed by atoms with Crippen LogP contribution in [0, 0.1) is 0 Å². The Morgan fingerprint density at radius 1 is 1.40 bits per heavy atom. The van der Waals surface area contributed by atoms with Gasteiger partial charge in [-0.05, 0) is 36.7 Å². The Hall–Kier alpha value is -1.17. The monoisotopic (exact) mass is 211 g/mol. The highest BCUT2D eigenvalue weighted by Gasteiger charge is 2.26. The van der Waals surface area contributed by atoms with Crippen LogP contribution in [0.3, 0.4) is 0 Å². The summed E-state index contributed by atoms with van der Waals surface area (Å²) in [5.74, 6) is 0. The molecule has 0 bridgehead atoms. The second-order valence-corrected chi connectivity index (χ2v) is 3.92. The fourth-order valence-electron chi connectivity index (χ4n) is 2.02. The molecule has 0 amide bonds. The van der Waals surface area contributed by atoms with Gasteiger partial charge in [0.15, 0.2) is 0 Å². The lowest BCUT2D eigenvalue weighted by atomic mass is 9.92. The second kappa shape index (κ2) is 4.57. The first-order valence-electron chi connectivity index (χ1n) is 5.37. The summed E-state index contributed by atoms with van der Waals surface area (Å²) >= 11 is 0. The van der Waals surface area contributed by atoms with Crippen LogP contribution >= 0.6 is 0 Å². The van der Waals surface area contributed by atoms with Crippen LogP contribution in [0.25, 0.3) is 0 Å². The Kier molecular flexibility index (Phi) is 3.15. The van der Waals surface area contributed by atoms with Crippen molar-refractivity contribution in [1.82, 2.24) is 25.5 Å². The van der Waals surface area contributed by atoms with E-state index in [0.29, 0.717) is 12.1 Å². The molecule has 1 aromatic heterocycles. The van der Waals surface area contributed by atoms with Gasteiger partial charge in [-0.25, -0.2) is 0 Å². The molecule has 0 saturated heterocycles. The number of aryl methyl sites for hydroxylation is 1. The standard InChI is InChI=1S/C9H17N5O/c1-10-7-5-3-4-6-8(7)15-9-11-12-13-14(9)2/h7-8,10H,3-6H2,1-2H3. The third kappa shape index (κ3) is 2.26. The number of ether oxygens (including phenoxy) is 1. The van der Waals surface area contributed by atoms with Gasteiger partial charge in [0.1, 0.15) is 6.10 Å². The summed E-state index contributed by atoms with van der Waals surface area (Å²) in [7, 11) is 3.76. The van der Waals surface area contributed by atoms with E-state index < -0.39 is 0 Å². The van der Waals surface area contributed by atoms with Gasteiger partial charge in [0.25, 0.3) is 0 Å². The van der Waals surface area contributed by atoms with Crippen LogP contribution in [0.4, 0.5) is 0 Å². The fourth-order valence-corrected chi connectivity index (χ4v) is 2.02. The molecular formula is C9H17N5O. The zero-order valence-corrected chi connectivity index (χ0v) is 9.18. The average molecular weight is 211 g/mol. The molecule has 6 heteroatoms. The molecule has 2 unspecified atom stereocenters. The molecule has 6 nitrogen and oxygen atoms in total. The molecule has 0 aromatic carbocycles. The SMILES string of the molecule is CNC1CCCCC1Oc1nnnn1C. The van der Waals surface area contributed by atoms with Crippen molar-refractivity contribution in [3.8, 4) is 6.01 Å². The minimum atomic E-state index is 0.188. The quantitative estimate of drug-likeness (QED) is 0.769. The number of aromatic nitrogens is 4. The highest BCUT2D eigenvalue weighted by molar-refractivity contribution is 4.92. The van der Waals surface area contributed by atoms with E-state index in [1.54, 1.807) is 11.7 Å². The number of nitrogens with zero attached hydrogens (tertiary/aromatic N) is 4. The zero-order chi connectivity index (χ0) is 10.7. The molecule has 15 heavy (non-hydrogen) atoms.